The van der Waals surface area contributed by atoms with Gasteiger partial charge in [0.05, 0.1) is 4.90 Å². The van der Waals surface area contributed by atoms with Crippen molar-refractivity contribution in [2.24, 2.45) is 12.8 Å². The van der Waals surface area contributed by atoms with Gasteiger partial charge >= 0.3 is 0 Å². The van der Waals surface area contributed by atoms with Crippen LogP contribution in [-0.4, -0.2) is 23.2 Å². The Labute approximate surface area is 105 Å². The van der Waals surface area contributed by atoms with Crippen LogP contribution in [0.1, 0.15) is 5.56 Å². The molecule has 0 spiro atoms. The normalized spacial score (nSPS) is 11.4. The number of anilines is 1. The maximum Gasteiger partial charge on any atom is 0.264 e. The van der Waals surface area contributed by atoms with Crippen molar-refractivity contribution in [3.8, 4) is 0 Å². The molecule has 96 valence electrons. The van der Waals surface area contributed by atoms with Gasteiger partial charge in [0.25, 0.3) is 10.0 Å². The molecule has 0 radical (unpaired) electrons. The Morgan fingerprint density at radius 1 is 1.33 bits per heavy atom. The molecule has 0 saturated carbocycles. The number of rotatable bonds is 4. The molecular formula is C10H13N5O2S. The second kappa shape index (κ2) is 4.75. The first-order chi connectivity index (χ1) is 8.53. The summed E-state index contributed by atoms with van der Waals surface area (Å²) in [6.07, 6.45) is 1.27. The quantitative estimate of drug-likeness (QED) is 0.816. The average molecular weight is 267 g/mol. The first-order valence-corrected chi connectivity index (χ1v) is 6.67. The Morgan fingerprint density at radius 2 is 2.00 bits per heavy atom. The molecule has 0 aliphatic rings. The van der Waals surface area contributed by atoms with Crippen LogP contribution in [0.15, 0.2) is 35.5 Å². The van der Waals surface area contributed by atoms with Crippen LogP contribution >= 0.6 is 0 Å². The zero-order valence-corrected chi connectivity index (χ0v) is 10.6. The van der Waals surface area contributed by atoms with Gasteiger partial charge in [0.1, 0.15) is 6.33 Å². The molecule has 0 aliphatic heterocycles. The third-order valence-corrected chi connectivity index (χ3v) is 3.75. The summed E-state index contributed by atoms with van der Waals surface area (Å²) < 4.78 is 27.7. The van der Waals surface area contributed by atoms with Crippen molar-refractivity contribution in [2.45, 2.75) is 11.4 Å². The lowest BCUT2D eigenvalue weighted by Gasteiger charge is -2.07. The summed E-state index contributed by atoms with van der Waals surface area (Å²) in [4.78, 5) is 3.96. The molecule has 18 heavy (non-hydrogen) atoms. The summed E-state index contributed by atoms with van der Waals surface area (Å²) in [5.41, 5.74) is 6.32. The monoisotopic (exact) mass is 267 g/mol. The Balaban J connectivity index is 2.28. The van der Waals surface area contributed by atoms with Crippen LogP contribution in [-0.2, 0) is 23.6 Å². The zero-order valence-electron chi connectivity index (χ0n) is 9.74. The maximum atomic E-state index is 12.0. The molecule has 1 aromatic heterocycles. The smallest absolute Gasteiger partial charge is 0.264 e. The molecule has 0 amide bonds. The van der Waals surface area contributed by atoms with E-state index < -0.39 is 10.0 Å². The van der Waals surface area contributed by atoms with Crippen LogP contribution in [0, 0.1) is 0 Å². The van der Waals surface area contributed by atoms with Gasteiger partial charge in [-0.3, -0.25) is 0 Å². The molecule has 0 aliphatic carbocycles. The molecule has 3 N–H and O–H groups in total. The number of hydrogen-bond donors (Lipinski definition) is 2. The van der Waals surface area contributed by atoms with E-state index in [0.29, 0.717) is 6.54 Å². The van der Waals surface area contributed by atoms with E-state index in [2.05, 4.69) is 14.8 Å². The number of aryl methyl sites for hydroxylation is 1. The van der Waals surface area contributed by atoms with Gasteiger partial charge in [0.15, 0.2) is 0 Å². The molecule has 1 aromatic carbocycles. The largest absolute Gasteiger partial charge is 0.326 e. The minimum Gasteiger partial charge on any atom is -0.326 e. The number of nitrogens with one attached hydrogen (secondary N) is 1. The van der Waals surface area contributed by atoms with E-state index >= 15 is 0 Å². The second-order valence-electron chi connectivity index (χ2n) is 3.66. The van der Waals surface area contributed by atoms with Crippen molar-refractivity contribution >= 4 is 16.0 Å². The predicted molar refractivity (Wildman–Crippen MR) is 66.1 cm³/mol. The first kappa shape index (κ1) is 12.5. The predicted octanol–water partition coefficient (Wildman–Crippen LogP) is 0.0746. The minimum atomic E-state index is -3.64. The van der Waals surface area contributed by atoms with Gasteiger partial charge in [-0.05, 0) is 17.7 Å². The van der Waals surface area contributed by atoms with Crippen LogP contribution in [0.25, 0.3) is 0 Å². The fourth-order valence-electron chi connectivity index (χ4n) is 1.37. The summed E-state index contributed by atoms with van der Waals surface area (Å²) in [7, 11) is -2.05. The van der Waals surface area contributed by atoms with Crippen LogP contribution in [0.4, 0.5) is 5.95 Å². The number of benzene rings is 1. The number of nitrogens with two attached hydrogens (primary N) is 1. The van der Waals surface area contributed by atoms with Crippen molar-refractivity contribution in [3.63, 3.8) is 0 Å². The second-order valence-corrected chi connectivity index (χ2v) is 5.34. The molecule has 0 atom stereocenters. The SMILES string of the molecule is Cn1ncnc1NS(=O)(=O)c1ccc(CN)cc1. The summed E-state index contributed by atoms with van der Waals surface area (Å²) in [5.74, 6) is 0.165. The molecule has 0 fully saturated rings. The first-order valence-electron chi connectivity index (χ1n) is 5.19. The fourth-order valence-corrected chi connectivity index (χ4v) is 2.41. The molecule has 1 heterocycles. The van der Waals surface area contributed by atoms with Crippen molar-refractivity contribution in [1.29, 1.82) is 0 Å². The summed E-state index contributed by atoms with van der Waals surface area (Å²) in [5, 5.41) is 3.78. The third kappa shape index (κ3) is 2.49. The topological polar surface area (TPSA) is 103 Å². The highest BCUT2D eigenvalue weighted by Crippen LogP contribution is 2.14. The van der Waals surface area contributed by atoms with Crippen LogP contribution in [0.2, 0.25) is 0 Å². The highest BCUT2D eigenvalue weighted by Gasteiger charge is 2.16. The molecule has 0 saturated heterocycles. The summed E-state index contributed by atoms with van der Waals surface area (Å²) >= 11 is 0. The lowest BCUT2D eigenvalue weighted by Crippen LogP contribution is -2.16. The van der Waals surface area contributed by atoms with Crippen molar-refractivity contribution < 1.29 is 8.42 Å². The number of aromatic nitrogens is 3. The molecule has 0 bridgehead atoms. The van der Waals surface area contributed by atoms with E-state index in [4.69, 9.17) is 5.73 Å². The Morgan fingerprint density at radius 3 is 2.50 bits per heavy atom. The number of nitrogens with zero attached hydrogens (tertiary/aromatic N) is 3. The van der Waals surface area contributed by atoms with Crippen molar-refractivity contribution in [3.05, 3.63) is 36.2 Å². The summed E-state index contributed by atoms with van der Waals surface area (Å²) in [6, 6.07) is 6.35. The molecule has 2 aromatic rings. The zero-order chi connectivity index (χ0) is 13.2. The van der Waals surface area contributed by atoms with E-state index in [1.54, 1.807) is 19.2 Å². The van der Waals surface area contributed by atoms with Crippen LogP contribution < -0.4 is 10.5 Å². The van der Waals surface area contributed by atoms with Gasteiger partial charge in [-0.15, -0.1) is 0 Å². The fraction of sp³-hybridized carbons (Fsp3) is 0.200. The number of hydrogen-bond acceptors (Lipinski definition) is 5. The number of sulfonamides is 1. The van der Waals surface area contributed by atoms with Gasteiger partial charge in [-0.2, -0.15) is 10.1 Å². The minimum absolute atomic E-state index is 0.155. The Kier molecular flexibility index (Phi) is 3.30. The Bertz CT molecular complexity index is 633. The van der Waals surface area contributed by atoms with Gasteiger partial charge < -0.3 is 5.73 Å². The molecule has 7 nitrogen and oxygen atoms in total. The maximum absolute atomic E-state index is 12.0. The Hall–Kier alpha value is -1.93. The highest BCUT2D eigenvalue weighted by atomic mass is 32.2. The van der Waals surface area contributed by atoms with Crippen molar-refractivity contribution in [1.82, 2.24) is 14.8 Å². The lowest BCUT2D eigenvalue weighted by molar-refractivity contribution is 0.600. The van der Waals surface area contributed by atoms with E-state index in [1.807, 2.05) is 0 Å². The standard InChI is InChI=1S/C10H13N5O2S/c1-15-10(12-7-13-15)14-18(16,17)9-4-2-8(6-11)3-5-9/h2-5,7H,6,11H2,1H3,(H,12,13,14). The molecule has 8 heteroatoms. The van der Waals surface area contributed by atoms with Gasteiger partial charge in [-0.1, -0.05) is 12.1 Å². The van der Waals surface area contributed by atoms with E-state index in [0.717, 1.165) is 5.56 Å². The third-order valence-electron chi connectivity index (χ3n) is 2.41. The van der Waals surface area contributed by atoms with Gasteiger partial charge in [0, 0.05) is 13.6 Å². The van der Waals surface area contributed by atoms with E-state index in [9.17, 15) is 8.42 Å². The van der Waals surface area contributed by atoms with Gasteiger partial charge in [-0.25, -0.2) is 17.8 Å². The lowest BCUT2D eigenvalue weighted by atomic mass is 10.2. The highest BCUT2D eigenvalue weighted by molar-refractivity contribution is 7.92. The van der Waals surface area contributed by atoms with Gasteiger partial charge in [0.2, 0.25) is 5.95 Å². The summed E-state index contributed by atoms with van der Waals surface area (Å²) in [6.45, 7) is 0.372. The molecule has 0 unspecified atom stereocenters. The van der Waals surface area contributed by atoms with E-state index in [-0.39, 0.29) is 10.8 Å². The van der Waals surface area contributed by atoms with Crippen molar-refractivity contribution in [2.75, 3.05) is 4.72 Å². The molecule has 2 rings (SSSR count). The van der Waals surface area contributed by atoms with Crippen LogP contribution in [0.5, 0.6) is 0 Å². The van der Waals surface area contributed by atoms with Crippen LogP contribution in [0.3, 0.4) is 0 Å². The molecular weight excluding hydrogens is 254 g/mol. The van der Waals surface area contributed by atoms with E-state index in [1.165, 1.54) is 23.1 Å². The average Bonchev–Trinajstić information content (AvgIpc) is 2.74.